The first kappa shape index (κ1) is 16.5. The number of fused-ring (bicyclic) bond motifs is 1. The number of esters is 1. The van der Waals surface area contributed by atoms with E-state index < -0.39 is 0 Å². The van der Waals surface area contributed by atoms with Crippen molar-refractivity contribution in [3.05, 3.63) is 35.5 Å². The number of hydrogen-bond acceptors (Lipinski definition) is 2. The molecule has 126 valence electrons. The third-order valence-electron chi connectivity index (χ3n) is 6.26. The second-order valence-electron chi connectivity index (χ2n) is 7.90. The summed E-state index contributed by atoms with van der Waals surface area (Å²) in [5, 5.41) is 0. The molecule has 3 unspecified atom stereocenters. The topological polar surface area (TPSA) is 26.3 Å². The fraction of sp³-hybridized carbons (Fsp3) is 0.667. The molecule has 0 heterocycles. The van der Waals surface area contributed by atoms with E-state index in [4.69, 9.17) is 4.74 Å². The molecule has 0 bridgehead atoms. The van der Waals surface area contributed by atoms with Crippen LogP contribution in [0.5, 0.6) is 0 Å². The first-order valence-electron chi connectivity index (χ1n) is 9.25. The molecular weight excluding hydrogens is 284 g/mol. The molecule has 0 aromatic carbocycles. The lowest BCUT2D eigenvalue weighted by atomic mass is 9.67. The maximum Gasteiger partial charge on any atom is 0.303 e. The van der Waals surface area contributed by atoms with Gasteiger partial charge >= 0.3 is 5.97 Å². The Morgan fingerprint density at radius 3 is 2.74 bits per heavy atom. The highest BCUT2D eigenvalue weighted by atomic mass is 16.5. The highest BCUT2D eigenvalue weighted by Crippen LogP contribution is 2.54. The minimum Gasteiger partial charge on any atom is -0.458 e. The van der Waals surface area contributed by atoms with Crippen molar-refractivity contribution in [1.82, 2.24) is 0 Å². The number of rotatable bonds is 2. The molecule has 3 atom stereocenters. The van der Waals surface area contributed by atoms with Crippen LogP contribution in [0.1, 0.15) is 71.6 Å². The largest absolute Gasteiger partial charge is 0.458 e. The number of allylic oxidation sites excluding steroid dienone is 3. The second-order valence-corrected chi connectivity index (χ2v) is 7.90. The average Bonchev–Trinajstić information content (AvgIpc) is 2.90. The standard InChI is InChI=1S/C21H30O2/c1-15-17(7-4-10-20(15)23-16(2)22)11-12-18-8-5-13-21(3)14-6-9-19(18)21/h11-12,19-20H,1,4-10,13-14H2,2-3H3/b17-11-,18-12+. The molecule has 23 heavy (non-hydrogen) atoms. The molecule has 0 spiro atoms. The quantitative estimate of drug-likeness (QED) is 0.629. The van der Waals surface area contributed by atoms with Crippen LogP contribution in [-0.4, -0.2) is 12.1 Å². The van der Waals surface area contributed by atoms with Crippen LogP contribution in [0.2, 0.25) is 0 Å². The number of carbonyl (C=O) groups excluding carboxylic acids is 1. The van der Waals surface area contributed by atoms with E-state index in [0.29, 0.717) is 5.41 Å². The third kappa shape index (κ3) is 3.46. The van der Waals surface area contributed by atoms with Crippen LogP contribution in [0.25, 0.3) is 0 Å². The Kier molecular flexibility index (Phi) is 4.79. The van der Waals surface area contributed by atoms with E-state index in [-0.39, 0.29) is 12.1 Å². The van der Waals surface area contributed by atoms with Gasteiger partial charge in [0.2, 0.25) is 0 Å². The summed E-state index contributed by atoms with van der Waals surface area (Å²) in [6, 6.07) is 0. The molecule has 0 N–H and O–H groups in total. The zero-order valence-corrected chi connectivity index (χ0v) is 14.7. The Bertz CT molecular complexity index is 554. The van der Waals surface area contributed by atoms with Gasteiger partial charge in [-0.2, -0.15) is 0 Å². The van der Waals surface area contributed by atoms with Gasteiger partial charge in [-0.1, -0.05) is 37.6 Å². The average molecular weight is 314 g/mol. The van der Waals surface area contributed by atoms with Gasteiger partial charge in [-0.15, -0.1) is 0 Å². The van der Waals surface area contributed by atoms with Gasteiger partial charge < -0.3 is 4.74 Å². The molecule has 0 saturated heterocycles. The molecule has 3 saturated carbocycles. The molecule has 0 amide bonds. The van der Waals surface area contributed by atoms with Crippen molar-refractivity contribution in [3.63, 3.8) is 0 Å². The monoisotopic (exact) mass is 314 g/mol. The lowest BCUT2D eigenvalue weighted by Gasteiger charge is -2.38. The van der Waals surface area contributed by atoms with E-state index in [1.54, 1.807) is 5.57 Å². The van der Waals surface area contributed by atoms with Crippen LogP contribution in [-0.2, 0) is 9.53 Å². The van der Waals surface area contributed by atoms with Crippen molar-refractivity contribution >= 4 is 5.97 Å². The minimum atomic E-state index is -0.204. The van der Waals surface area contributed by atoms with Crippen LogP contribution in [0.3, 0.4) is 0 Å². The molecule has 3 rings (SSSR count). The van der Waals surface area contributed by atoms with Gasteiger partial charge in [0, 0.05) is 6.92 Å². The highest BCUT2D eigenvalue weighted by Gasteiger charge is 2.42. The van der Waals surface area contributed by atoms with E-state index in [1.807, 2.05) is 0 Å². The second kappa shape index (κ2) is 6.67. The Morgan fingerprint density at radius 2 is 1.96 bits per heavy atom. The fourth-order valence-corrected chi connectivity index (χ4v) is 4.98. The molecular formula is C21H30O2. The van der Waals surface area contributed by atoms with Crippen molar-refractivity contribution in [2.45, 2.75) is 77.7 Å². The van der Waals surface area contributed by atoms with Gasteiger partial charge in [0.15, 0.2) is 0 Å². The predicted octanol–water partition coefficient (Wildman–Crippen LogP) is 5.50. The summed E-state index contributed by atoms with van der Waals surface area (Å²) in [4.78, 5) is 11.2. The maximum absolute atomic E-state index is 11.2. The van der Waals surface area contributed by atoms with E-state index in [2.05, 4.69) is 25.7 Å². The molecule has 0 aliphatic heterocycles. The lowest BCUT2D eigenvalue weighted by molar-refractivity contribution is -0.145. The van der Waals surface area contributed by atoms with E-state index in [9.17, 15) is 4.79 Å². The molecule has 2 nitrogen and oxygen atoms in total. The van der Waals surface area contributed by atoms with Crippen molar-refractivity contribution in [2.75, 3.05) is 0 Å². The van der Waals surface area contributed by atoms with Gasteiger partial charge in [0.05, 0.1) is 0 Å². The number of hydrogen-bond donors (Lipinski definition) is 0. The fourth-order valence-electron chi connectivity index (χ4n) is 4.98. The summed E-state index contributed by atoms with van der Waals surface area (Å²) in [5.74, 6) is 0.582. The van der Waals surface area contributed by atoms with Crippen LogP contribution in [0.15, 0.2) is 35.5 Å². The number of carbonyl (C=O) groups is 1. The summed E-state index contributed by atoms with van der Waals surface area (Å²) < 4.78 is 5.41. The summed E-state index contributed by atoms with van der Waals surface area (Å²) in [5.41, 5.74) is 4.48. The molecule has 0 aromatic heterocycles. The molecule has 3 fully saturated rings. The Hall–Kier alpha value is -1.31. The van der Waals surface area contributed by atoms with Crippen molar-refractivity contribution < 1.29 is 9.53 Å². The van der Waals surface area contributed by atoms with Crippen molar-refractivity contribution in [1.29, 1.82) is 0 Å². The highest BCUT2D eigenvalue weighted by molar-refractivity contribution is 5.66. The van der Waals surface area contributed by atoms with Crippen molar-refractivity contribution in [3.8, 4) is 0 Å². The van der Waals surface area contributed by atoms with Gasteiger partial charge in [0.25, 0.3) is 0 Å². The number of ether oxygens (including phenoxy) is 1. The third-order valence-corrected chi connectivity index (χ3v) is 6.26. The normalized spacial score (nSPS) is 37.9. The van der Waals surface area contributed by atoms with Crippen LogP contribution in [0, 0.1) is 11.3 Å². The van der Waals surface area contributed by atoms with E-state index >= 15 is 0 Å². The zero-order chi connectivity index (χ0) is 16.4. The Balaban J connectivity index is 1.75. The molecule has 2 heteroatoms. The molecule has 3 aliphatic rings. The Morgan fingerprint density at radius 1 is 1.17 bits per heavy atom. The SMILES string of the molecule is C=C1/C(=C\C=C2/CCCC3(C)CCCC23)CCCC1OC(C)=O. The van der Waals surface area contributed by atoms with Crippen molar-refractivity contribution in [2.24, 2.45) is 11.3 Å². The first-order valence-corrected chi connectivity index (χ1v) is 9.25. The van der Waals surface area contributed by atoms with Gasteiger partial charge in [-0.25, -0.2) is 0 Å². The summed E-state index contributed by atoms with van der Waals surface area (Å²) in [7, 11) is 0. The molecule has 0 aromatic rings. The minimum absolute atomic E-state index is 0.117. The van der Waals surface area contributed by atoms with Crippen LogP contribution >= 0.6 is 0 Å². The summed E-state index contributed by atoms with van der Waals surface area (Å²) in [6.07, 6.45) is 15.7. The van der Waals surface area contributed by atoms with E-state index in [0.717, 1.165) is 30.8 Å². The Labute approximate surface area is 140 Å². The smallest absolute Gasteiger partial charge is 0.303 e. The first-order chi connectivity index (χ1) is 11.0. The summed E-state index contributed by atoms with van der Waals surface area (Å²) >= 11 is 0. The summed E-state index contributed by atoms with van der Waals surface area (Å²) in [6.45, 7) is 8.17. The molecule has 0 radical (unpaired) electrons. The zero-order valence-electron chi connectivity index (χ0n) is 14.7. The van der Waals surface area contributed by atoms with Gasteiger partial charge in [-0.05, 0) is 73.8 Å². The van der Waals surface area contributed by atoms with Gasteiger partial charge in [-0.3, -0.25) is 4.79 Å². The molecule has 3 aliphatic carbocycles. The predicted molar refractivity (Wildman–Crippen MR) is 94.0 cm³/mol. The van der Waals surface area contributed by atoms with E-state index in [1.165, 1.54) is 51.0 Å². The van der Waals surface area contributed by atoms with Crippen LogP contribution in [0.4, 0.5) is 0 Å². The lowest BCUT2D eigenvalue weighted by Crippen LogP contribution is -2.27. The van der Waals surface area contributed by atoms with Gasteiger partial charge in [0.1, 0.15) is 6.10 Å². The maximum atomic E-state index is 11.2. The van der Waals surface area contributed by atoms with Crippen LogP contribution < -0.4 is 0 Å².